The van der Waals surface area contributed by atoms with E-state index in [1.807, 2.05) is 0 Å². The van der Waals surface area contributed by atoms with Crippen molar-refractivity contribution in [3.8, 4) is 0 Å². The number of alkyl halides is 4. The Bertz CT molecular complexity index is 545. The summed E-state index contributed by atoms with van der Waals surface area (Å²) in [5.74, 6) is -0.864. The molecule has 8 heteroatoms. The first-order valence-corrected chi connectivity index (χ1v) is 5.64. The van der Waals surface area contributed by atoms with Crippen LogP contribution in [0.4, 0.5) is 22.0 Å². The van der Waals surface area contributed by atoms with Crippen molar-refractivity contribution in [2.45, 2.75) is 30.9 Å². The van der Waals surface area contributed by atoms with Crippen LogP contribution in [0, 0.1) is 5.82 Å². The van der Waals surface area contributed by atoms with Crippen LogP contribution in [0.5, 0.6) is 0 Å². The SMILES string of the molecule is CC1(c2ccccc2F)N=C(N)OC(C(F)(F)F)C1F. The minimum Gasteiger partial charge on any atom is -0.449 e. The number of rotatable bonds is 1. The summed E-state index contributed by atoms with van der Waals surface area (Å²) >= 11 is 0. The Morgan fingerprint density at radius 2 is 1.90 bits per heavy atom. The molecule has 0 fully saturated rings. The fraction of sp³-hybridized carbons (Fsp3) is 0.417. The topological polar surface area (TPSA) is 47.6 Å². The minimum absolute atomic E-state index is 0.312. The Morgan fingerprint density at radius 1 is 1.30 bits per heavy atom. The van der Waals surface area contributed by atoms with E-state index in [9.17, 15) is 22.0 Å². The molecule has 0 bridgehead atoms. The maximum absolute atomic E-state index is 14.3. The Kier molecular flexibility index (Phi) is 3.35. The van der Waals surface area contributed by atoms with Gasteiger partial charge in [0.05, 0.1) is 0 Å². The minimum atomic E-state index is -4.98. The molecule has 1 aliphatic rings. The van der Waals surface area contributed by atoms with Crippen LogP contribution in [0.1, 0.15) is 12.5 Å². The van der Waals surface area contributed by atoms with Crippen molar-refractivity contribution in [3.05, 3.63) is 35.6 Å². The number of amidine groups is 1. The van der Waals surface area contributed by atoms with Gasteiger partial charge in [0.2, 0.25) is 6.10 Å². The molecule has 2 rings (SSSR count). The van der Waals surface area contributed by atoms with Crippen molar-refractivity contribution in [1.29, 1.82) is 0 Å². The molecule has 1 aromatic carbocycles. The molecular formula is C12H11F5N2O. The molecule has 0 spiro atoms. The maximum atomic E-state index is 14.3. The fourth-order valence-electron chi connectivity index (χ4n) is 2.11. The molecule has 0 aliphatic carbocycles. The lowest BCUT2D eigenvalue weighted by Gasteiger charge is -2.38. The van der Waals surface area contributed by atoms with E-state index in [-0.39, 0.29) is 5.56 Å². The third-order valence-corrected chi connectivity index (χ3v) is 3.13. The van der Waals surface area contributed by atoms with Crippen molar-refractivity contribution in [1.82, 2.24) is 0 Å². The van der Waals surface area contributed by atoms with Gasteiger partial charge in [0.25, 0.3) is 6.02 Å². The first kappa shape index (κ1) is 14.5. The number of ether oxygens (including phenoxy) is 1. The van der Waals surface area contributed by atoms with Crippen molar-refractivity contribution in [3.63, 3.8) is 0 Å². The molecule has 3 atom stereocenters. The Balaban J connectivity index is 2.54. The number of hydrogen-bond acceptors (Lipinski definition) is 3. The van der Waals surface area contributed by atoms with Crippen LogP contribution in [0.25, 0.3) is 0 Å². The van der Waals surface area contributed by atoms with Crippen molar-refractivity contribution < 1.29 is 26.7 Å². The molecule has 20 heavy (non-hydrogen) atoms. The Hall–Kier alpha value is -1.86. The number of hydrogen-bond donors (Lipinski definition) is 1. The van der Waals surface area contributed by atoms with E-state index in [2.05, 4.69) is 9.73 Å². The summed E-state index contributed by atoms with van der Waals surface area (Å²) < 4.78 is 70.5. The van der Waals surface area contributed by atoms with Gasteiger partial charge in [-0.05, 0) is 13.0 Å². The predicted molar refractivity (Wildman–Crippen MR) is 61.2 cm³/mol. The number of aliphatic imine (C=N–C) groups is 1. The lowest BCUT2D eigenvalue weighted by Crippen LogP contribution is -2.55. The van der Waals surface area contributed by atoms with Crippen LogP contribution in [0.2, 0.25) is 0 Å². The van der Waals surface area contributed by atoms with E-state index in [4.69, 9.17) is 5.73 Å². The van der Waals surface area contributed by atoms with Crippen molar-refractivity contribution in [2.75, 3.05) is 0 Å². The molecule has 1 aliphatic heterocycles. The van der Waals surface area contributed by atoms with Crippen molar-refractivity contribution >= 4 is 6.02 Å². The molecule has 1 heterocycles. The third kappa shape index (κ3) is 2.30. The van der Waals surface area contributed by atoms with Crippen LogP contribution in [0.15, 0.2) is 29.3 Å². The van der Waals surface area contributed by atoms with Gasteiger partial charge in [-0.3, -0.25) is 0 Å². The second kappa shape index (κ2) is 4.60. The molecule has 0 aromatic heterocycles. The molecular weight excluding hydrogens is 283 g/mol. The average Bonchev–Trinajstić information content (AvgIpc) is 2.33. The van der Waals surface area contributed by atoms with Gasteiger partial charge in [0.1, 0.15) is 11.4 Å². The van der Waals surface area contributed by atoms with Gasteiger partial charge in [0, 0.05) is 5.56 Å². The summed E-state index contributed by atoms with van der Waals surface area (Å²) in [5, 5.41) is 0. The van der Waals surface area contributed by atoms with Crippen LogP contribution < -0.4 is 5.73 Å². The first-order chi connectivity index (χ1) is 9.16. The van der Waals surface area contributed by atoms with Gasteiger partial charge >= 0.3 is 6.18 Å². The van der Waals surface area contributed by atoms with Gasteiger partial charge < -0.3 is 10.5 Å². The van der Waals surface area contributed by atoms with E-state index < -0.39 is 35.8 Å². The summed E-state index contributed by atoms with van der Waals surface area (Å²) in [4.78, 5) is 3.55. The molecule has 3 unspecified atom stereocenters. The zero-order valence-electron chi connectivity index (χ0n) is 10.3. The monoisotopic (exact) mass is 294 g/mol. The summed E-state index contributed by atoms with van der Waals surface area (Å²) in [7, 11) is 0. The highest BCUT2D eigenvalue weighted by molar-refractivity contribution is 5.73. The summed E-state index contributed by atoms with van der Waals surface area (Å²) in [6, 6.07) is 4.06. The Morgan fingerprint density at radius 3 is 2.45 bits per heavy atom. The highest BCUT2D eigenvalue weighted by Gasteiger charge is 2.58. The smallest absolute Gasteiger partial charge is 0.428 e. The van der Waals surface area contributed by atoms with E-state index in [0.29, 0.717) is 0 Å². The number of nitrogens with zero attached hydrogens (tertiary/aromatic N) is 1. The number of benzene rings is 1. The van der Waals surface area contributed by atoms with E-state index in [1.165, 1.54) is 12.1 Å². The largest absolute Gasteiger partial charge is 0.449 e. The van der Waals surface area contributed by atoms with Gasteiger partial charge in [-0.1, -0.05) is 18.2 Å². The van der Waals surface area contributed by atoms with Crippen LogP contribution in [0.3, 0.4) is 0 Å². The standard InChI is InChI=1S/C12H11F5N2O/c1-11(6-4-2-3-5-7(6)13)8(14)9(12(15,16)17)20-10(18)19-11/h2-5,8-9H,1H3,(H2,18,19). The molecule has 0 saturated carbocycles. The van der Waals surface area contributed by atoms with E-state index >= 15 is 0 Å². The highest BCUT2D eigenvalue weighted by Crippen LogP contribution is 2.42. The van der Waals surface area contributed by atoms with Crippen LogP contribution in [-0.2, 0) is 10.3 Å². The molecule has 3 nitrogen and oxygen atoms in total. The molecule has 0 saturated heterocycles. The summed E-state index contributed by atoms with van der Waals surface area (Å²) in [5.41, 5.74) is 2.77. The number of nitrogens with two attached hydrogens (primary N) is 1. The summed E-state index contributed by atoms with van der Waals surface area (Å²) in [6.45, 7) is 1.05. The second-order valence-corrected chi connectivity index (χ2v) is 4.56. The molecule has 1 aromatic rings. The van der Waals surface area contributed by atoms with Crippen LogP contribution >= 0.6 is 0 Å². The summed E-state index contributed by atoms with van der Waals surface area (Å²) in [6.07, 6.45) is -10.4. The quantitative estimate of drug-likeness (QED) is 0.809. The molecule has 2 N–H and O–H groups in total. The van der Waals surface area contributed by atoms with E-state index in [0.717, 1.165) is 19.1 Å². The number of halogens is 5. The zero-order chi connectivity index (χ0) is 15.1. The second-order valence-electron chi connectivity index (χ2n) is 4.56. The maximum Gasteiger partial charge on any atom is 0.428 e. The normalized spacial score (nSPS) is 30.6. The Labute approximate surface area is 111 Å². The fourth-order valence-corrected chi connectivity index (χ4v) is 2.11. The highest BCUT2D eigenvalue weighted by atomic mass is 19.4. The third-order valence-electron chi connectivity index (χ3n) is 3.13. The average molecular weight is 294 g/mol. The first-order valence-electron chi connectivity index (χ1n) is 5.64. The molecule has 110 valence electrons. The van der Waals surface area contributed by atoms with Gasteiger partial charge in [-0.15, -0.1) is 0 Å². The zero-order valence-corrected chi connectivity index (χ0v) is 10.3. The van der Waals surface area contributed by atoms with Crippen molar-refractivity contribution in [2.24, 2.45) is 10.7 Å². The van der Waals surface area contributed by atoms with Gasteiger partial charge in [-0.2, -0.15) is 13.2 Å². The van der Waals surface area contributed by atoms with Gasteiger partial charge in [0.15, 0.2) is 6.17 Å². The molecule has 0 radical (unpaired) electrons. The molecule has 0 amide bonds. The lowest BCUT2D eigenvalue weighted by atomic mass is 9.84. The predicted octanol–water partition coefficient (Wildman–Crippen LogP) is 2.65. The van der Waals surface area contributed by atoms with E-state index in [1.54, 1.807) is 0 Å². The lowest BCUT2D eigenvalue weighted by molar-refractivity contribution is -0.227. The van der Waals surface area contributed by atoms with Crippen LogP contribution in [-0.4, -0.2) is 24.5 Å². The van der Waals surface area contributed by atoms with Gasteiger partial charge in [-0.25, -0.2) is 13.8 Å².